The lowest BCUT2D eigenvalue weighted by molar-refractivity contribution is -0.346. The van der Waals surface area contributed by atoms with Crippen LogP contribution in [0.15, 0.2) is 84.0 Å². The van der Waals surface area contributed by atoms with E-state index in [0.717, 1.165) is 0 Å². The van der Waals surface area contributed by atoms with Gasteiger partial charge in [0.25, 0.3) is 0 Å². The van der Waals surface area contributed by atoms with Crippen LogP contribution in [0.25, 0.3) is 0 Å². The van der Waals surface area contributed by atoms with E-state index < -0.39 is 107 Å². The number of nitrogens with one attached hydrogen (secondary N) is 1. The number of hydrogen-bond donors (Lipinski definition) is 5. The number of ether oxygens (including phenoxy) is 5. The van der Waals surface area contributed by atoms with Gasteiger partial charge in [0.15, 0.2) is 11.7 Å². The number of benzene rings is 2. The highest BCUT2D eigenvalue weighted by Gasteiger charge is 2.76. The fraction of sp³-hybridized carbons (Fsp3) is 0.545. The largest absolute Gasteiger partial charge is 0.456 e. The van der Waals surface area contributed by atoms with E-state index in [4.69, 9.17) is 23.7 Å². The molecule has 2 unspecified atom stereocenters. The first-order chi connectivity index (χ1) is 27.0. The third-order valence-electron chi connectivity index (χ3n) is 12.8. The maximum absolute atomic E-state index is 14.2. The Hall–Kier alpha value is -4.60. The molecule has 5 N–H and O–H groups in total. The van der Waals surface area contributed by atoms with Crippen LogP contribution < -0.4 is 5.32 Å². The van der Waals surface area contributed by atoms with Crippen LogP contribution in [-0.4, -0.2) is 104 Å². The Morgan fingerprint density at radius 1 is 0.966 bits per heavy atom. The Morgan fingerprint density at radius 2 is 1.57 bits per heavy atom. The Balaban J connectivity index is 1.49. The third kappa shape index (κ3) is 7.12. The van der Waals surface area contributed by atoms with Crippen molar-refractivity contribution in [2.75, 3.05) is 6.61 Å². The number of esters is 3. The van der Waals surface area contributed by atoms with Gasteiger partial charge < -0.3 is 49.4 Å². The summed E-state index contributed by atoms with van der Waals surface area (Å²) < 4.78 is 29.9. The monoisotopic (exact) mass is 805 g/mol. The van der Waals surface area contributed by atoms with E-state index >= 15 is 0 Å². The van der Waals surface area contributed by atoms with Gasteiger partial charge in [0.2, 0.25) is 0 Å². The predicted octanol–water partition coefficient (Wildman–Crippen LogP) is 4.25. The molecule has 2 aromatic carbocycles. The molecule has 1 saturated heterocycles. The van der Waals surface area contributed by atoms with Gasteiger partial charge in [-0.3, -0.25) is 4.79 Å². The highest BCUT2D eigenvalue weighted by atomic mass is 16.6. The van der Waals surface area contributed by atoms with E-state index in [0.29, 0.717) is 11.1 Å². The fourth-order valence-corrected chi connectivity index (χ4v) is 9.70. The summed E-state index contributed by atoms with van der Waals surface area (Å²) in [5.41, 5.74) is -6.65. The third-order valence-corrected chi connectivity index (χ3v) is 12.8. The molecule has 1 amide bonds. The van der Waals surface area contributed by atoms with Gasteiger partial charge in [-0.05, 0) is 62.1 Å². The molecule has 3 fully saturated rings. The number of carbonyl (C=O) groups is 4. The molecule has 3 aliphatic carbocycles. The molecule has 0 aromatic heterocycles. The summed E-state index contributed by atoms with van der Waals surface area (Å²) in [5, 5.41) is 52.1. The van der Waals surface area contributed by atoms with Gasteiger partial charge in [-0.25, -0.2) is 14.4 Å². The van der Waals surface area contributed by atoms with Gasteiger partial charge in [-0.1, -0.05) is 75.9 Å². The Kier molecular flexibility index (Phi) is 11.3. The van der Waals surface area contributed by atoms with Crippen LogP contribution in [0.2, 0.25) is 0 Å². The van der Waals surface area contributed by atoms with E-state index in [2.05, 4.69) is 11.9 Å². The van der Waals surface area contributed by atoms with Crippen molar-refractivity contribution < 1.29 is 63.3 Å². The average Bonchev–Trinajstić information content (AvgIpc) is 3.14. The fourth-order valence-electron chi connectivity index (χ4n) is 9.70. The lowest BCUT2D eigenvalue weighted by atomic mass is 9.44. The minimum Gasteiger partial charge on any atom is -0.456 e. The van der Waals surface area contributed by atoms with Crippen molar-refractivity contribution in [1.29, 1.82) is 0 Å². The second-order valence-corrected chi connectivity index (χ2v) is 17.7. The molecule has 4 aliphatic rings. The Morgan fingerprint density at radius 3 is 2.12 bits per heavy atom. The maximum Gasteiger partial charge on any atom is 0.408 e. The first kappa shape index (κ1) is 43.0. The number of hydrogen-bond acceptors (Lipinski definition) is 13. The molecule has 2 aromatic rings. The van der Waals surface area contributed by atoms with E-state index in [1.165, 1.54) is 19.1 Å². The summed E-state index contributed by atoms with van der Waals surface area (Å²) >= 11 is 0. The molecule has 1 aliphatic heterocycles. The molecule has 2 bridgehead atoms. The van der Waals surface area contributed by atoms with Crippen molar-refractivity contribution in [2.45, 2.75) is 128 Å². The summed E-state index contributed by atoms with van der Waals surface area (Å²) in [6.45, 7) is 16.9. The van der Waals surface area contributed by atoms with E-state index in [1.54, 1.807) is 97.0 Å². The number of carbonyl (C=O) groups excluding carboxylic acids is 4. The standard InChI is InChI=1S/C44H55NO13/c1-23-28(55-38(51)34(49)32(26-16-12-10-13-17-26)45-39(52)58-40(4,5)6)21-44(53)36(56-37(50)27-18-14-11-15-19-27)35-42(9,24(2)33(48)31(23)41(44,7)8)29(47)20-30-43(35,22-54-30)57-25(3)46/h10-19,28-30,32-36,47-49,53H,2,20-22H2,1,3-9H3,(H,45,52)/t28-,29-,30+,32-,33-,34+,35?,36?,42+,43-,44+/m0/s1. The normalized spacial score (nSPS) is 33.7. The number of rotatable bonds is 8. The topological polar surface area (TPSA) is 207 Å². The van der Waals surface area contributed by atoms with E-state index in [9.17, 15) is 39.6 Å². The molecule has 58 heavy (non-hydrogen) atoms. The zero-order chi connectivity index (χ0) is 42.7. The number of fused-ring (bicyclic) bond motifs is 5. The number of amides is 1. The number of alkyl carbamates (subject to hydrolysis) is 1. The lowest BCUT2D eigenvalue weighted by Crippen LogP contribution is -2.80. The molecule has 11 atom stereocenters. The molecule has 314 valence electrons. The van der Waals surface area contributed by atoms with Crippen LogP contribution in [0.5, 0.6) is 0 Å². The Labute approximate surface area is 338 Å². The molecular formula is C44H55NO13. The van der Waals surface area contributed by atoms with Gasteiger partial charge >= 0.3 is 24.0 Å². The second-order valence-electron chi connectivity index (χ2n) is 17.7. The summed E-state index contributed by atoms with van der Waals surface area (Å²) in [5.74, 6) is -3.98. The van der Waals surface area contributed by atoms with Crippen molar-refractivity contribution in [3.05, 3.63) is 95.1 Å². The minimum atomic E-state index is -2.24. The van der Waals surface area contributed by atoms with Crippen LogP contribution in [-0.2, 0) is 33.3 Å². The van der Waals surface area contributed by atoms with Gasteiger partial charge in [0.05, 0.1) is 36.3 Å². The van der Waals surface area contributed by atoms with Crippen molar-refractivity contribution in [3.8, 4) is 0 Å². The summed E-state index contributed by atoms with van der Waals surface area (Å²) in [7, 11) is 0. The molecule has 2 saturated carbocycles. The predicted molar refractivity (Wildman–Crippen MR) is 208 cm³/mol. The summed E-state index contributed by atoms with van der Waals surface area (Å²) in [4.78, 5) is 54.2. The number of aliphatic hydroxyl groups excluding tert-OH is 3. The van der Waals surface area contributed by atoms with Crippen LogP contribution in [0.4, 0.5) is 4.79 Å². The van der Waals surface area contributed by atoms with Gasteiger partial charge in [-0.15, -0.1) is 0 Å². The minimum absolute atomic E-state index is 0.0245. The van der Waals surface area contributed by atoms with Crippen LogP contribution in [0, 0.1) is 16.7 Å². The van der Waals surface area contributed by atoms with Crippen LogP contribution in [0.3, 0.4) is 0 Å². The van der Waals surface area contributed by atoms with Crippen molar-refractivity contribution in [3.63, 3.8) is 0 Å². The average molecular weight is 806 g/mol. The van der Waals surface area contributed by atoms with Gasteiger partial charge in [0, 0.05) is 30.6 Å². The van der Waals surface area contributed by atoms with Crippen LogP contribution in [0.1, 0.15) is 90.2 Å². The molecule has 0 radical (unpaired) electrons. The SMILES string of the molecule is C=C1[C@H](O)C2=C(C)[C@@H](OC(=O)[C@H](O)[C@@H](NC(=O)OC(C)(C)C)c3ccccc3)C[C@@](O)(C(OC(=O)c3ccccc3)C3[C@@]1(C)[C@@H](O)C[C@H]1OC[C@@]31OC(C)=O)C2(C)C. The Bertz CT molecular complexity index is 1970. The molecule has 0 spiro atoms. The number of aliphatic hydroxyl groups is 4. The van der Waals surface area contributed by atoms with Crippen LogP contribution >= 0.6 is 0 Å². The van der Waals surface area contributed by atoms with E-state index in [-0.39, 0.29) is 29.7 Å². The molecule has 1 heterocycles. The smallest absolute Gasteiger partial charge is 0.408 e. The summed E-state index contributed by atoms with van der Waals surface area (Å²) in [6, 6.07) is 15.0. The highest BCUT2D eigenvalue weighted by molar-refractivity contribution is 5.89. The first-order valence-electron chi connectivity index (χ1n) is 19.5. The summed E-state index contributed by atoms with van der Waals surface area (Å²) in [6.07, 6.45) is -10.1. The van der Waals surface area contributed by atoms with Crippen molar-refractivity contribution >= 4 is 24.0 Å². The van der Waals surface area contributed by atoms with E-state index in [1.807, 2.05) is 0 Å². The molecule has 14 heteroatoms. The molecule has 14 nitrogen and oxygen atoms in total. The zero-order valence-electron chi connectivity index (χ0n) is 34.2. The molecule has 6 rings (SSSR count). The van der Waals surface area contributed by atoms with Gasteiger partial charge in [-0.2, -0.15) is 0 Å². The molecular weight excluding hydrogens is 750 g/mol. The quantitative estimate of drug-likeness (QED) is 0.144. The van der Waals surface area contributed by atoms with Crippen molar-refractivity contribution in [1.82, 2.24) is 5.32 Å². The first-order valence-corrected chi connectivity index (χ1v) is 19.5. The van der Waals surface area contributed by atoms with Crippen molar-refractivity contribution in [2.24, 2.45) is 16.7 Å². The lowest BCUT2D eigenvalue weighted by Gasteiger charge is -2.68. The highest BCUT2D eigenvalue weighted by Crippen LogP contribution is 2.66. The second kappa shape index (κ2) is 15.2. The van der Waals surface area contributed by atoms with Gasteiger partial charge in [0.1, 0.15) is 29.5 Å². The maximum atomic E-state index is 14.2. The zero-order valence-corrected chi connectivity index (χ0v) is 34.2.